The lowest BCUT2D eigenvalue weighted by Gasteiger charge is -2.06. The summed E-state index contributed by atoms with van der Waals surface area (Å²) in [5, 5.41) is 13.2. The predicted octanol–water partition coefficient (Wildman–Crippen LogP) is 2.26. The van der Waals surface area contributed by atoms with E-state index in [9.17, 15) is 8.42 Å². The molecule has 0 aliphatic rings. The van der Waals surface area contributed by atoms with E-state index < -0.39 is 10.0 Å². The SMILES string of the molecule is N#Cc1cccc(S(=O)(=O)NCCc2cnn(-c3ccccc3)c2)c1. The highest BCUT2D eigenvalue weighted by atomic mass is 32.2. The minimum Gasteiger partial charge on any atom is -0.241 e. The zero-order chi connectivity index (χ0) is 17.7. The highest BCUT2D eigenvalue weighted by Gasteiger charge is 2.14. The molecular formula is C18H16N4O2S. The molecule has 0 aliphatic heterocycles. The van der Waals surface area contributed by atoms with Crippen molar-refractivity contribution in [3.8, 4) is 11.8 Å². The van der Waals surface area contributed by atoms with Crippen molar-refractivity contribution in [1.82, 2.24) is 14.5 Å². The minimum absolute atomic E-state index is 0.0894. The van der Waals surface area contributed by atoms with Crippen molar-refractivity contribution in [2.24, 2.45) is 0 Å². The van der Waals surface area contributed by atoms with E-state index in [4.69, 9.17) is 5.26 Å². The predicted molar refractivity (Wildman–Crippen MR) is 93.6 cm³/mol. The van der Waals surface area contributed by atoms with Gasteiger partial charge in [0.15, 0.2) is 0 Å². The Labute approximate surface area is 146 Å². The molecule has 0 bridgehead atoms. The van der Waals surface area contributed by atoms with Crippen LogP contribution >= 0.6 is 0 Å². The highest BCUT2D eigenvalue weighted by Crippen LogP contribution is 2.11. The molecule has 1 N–H and O–H groups in total. The Kier molecular flexibility index (Phi) is 4.93. The Morgan fingerprint density at radius 3 is 2.68 bits per heavy atom. The van der Waals surface area contributed by atoms with Gasteiger partial charge < -0.3 is 0 Å². The molecule has 126 valence electrons. The second-order valence-corrected chi connectivity index (χ2v) is 7.18. The number of nitrogens with one attached hydrogen (secondary N) is 1. The van der Waals surface area contributed by atoms with Crippen LogP contribution < -0.4 is 4.72 Å². The summed E-state index contributed by atoms with van der Waals surface area (Å²) in [5.74, 6) is 0. The fourth-order valence-electron chi connectivity index (χ4n) is 2.36. The molecule has 0 saturated heterocycles. The minimum atomic E-state index is -3.64. The van der Waals surface area contributed by atoms with Gasteiger partial charge in [0.25, 0.3) is 0 Å². The summed E-state index contributed by atoms with van der Waals surface area (Å²) in [5.41, 5.74) is 2.19. The second-order valence-electron chi connectivity index (χ2n) is 5.42. The topological polar surface area (TPSA) is 87.8 Å². The fourth-order valence-corrected chi connectivity index (χ4v) is 3.43. The number of rotatable bonds is 6. The van der Waals surface area contributed by atoms with Crippen LogP contribution in [0, 0.1) is 11.3 Å². The number of sulfonamides is 1. The average molecular weight is 352 g/mol. The molecule has 1 aromatic heterocycles. The van der Waals surface area contributed by atoms with Crippen LogP contribution in [0.3, 0.4) is 0 Å². The van der Waals surface area contributed by atoms with E-state index in [0.717, 1.165) is 11.3 Å². The summed E-state index contributed by atoms with van der Waals surface area (Å²) in [7, 11) is -3.64. The van der Waals surface area contributed by atoms with Gasteiger partial charge in [0.1, 0.15) is 0 Å². The Morgan fingerprint density at radius 1 is 1.12 bits per heavy atom. The van der Waals surface area contributed by atoms with Gasteiger partial charge in [-0.3, -0.25) is 0 Å². The molecule has 6 nitrogen and oxygen atoms in total. The number of nitrogens with zero attached hydrogens (tertiary/aromatic N) is 3. The van der Waals surface area contributed by atoms with Crippen molar-refractivity contribution in [2.45, 2.75) is 11.3 Å². The maximum atomic E-state index is 12.3. The maximum absolute atomic E-state index is 12.3. The Bertz CT molecular complexity index is 1000. The van der Waals surface area contributed by atoms with Crippen molar-refractivity contribution in [3.05, 3.63) is 78.1 Å². The van der Waals surface area contributed by atoms with Crippen LogP contribution in [0.4, 0.5) is 0 Å². The first-order valence-corrected chi connectivity index (χ1v) is 9.15. The lowest BCUT2D eigenvalue weighted by molar-refractivity contribution is 0.581. The molecule has 25 heavy (non-hydrogen) atoms. The first-order chi connectivity index (χ1) is 12.1. The van der Waals surface area contributed by atoms with Gasteiger partial charge in [0, 0.05) is 12.7 Å². The van der Waals surface area contributed by atoms with E-state index in [0.29, 0.717) is 12.0 Å². The summed E-state index contributed by atoms with van der Waals surface area (Å²) in [6.07, 6.45) is 4.11. The van der Waals surface area contributed by atoms with Gasteiger partial charge in [-0.2, -0.15) is 10.4 Å². The summed E-state index contributed by atoms with van der Waals surface area (Å²) in [6, 6.07) is 17.6. The maximum Gasteiger partial charge on any atom is 0.240 e. The first-order valence-electron chi connectivity index (χ1n) is 7.67. The van der Waals surface area contributed by atoms with Gasteiger partial charge in [0.2, 0.25) is 10.0 Å². The van der Waals surface area contributed by atoms with Crippen LogP contribution in [-0.2, 0) is 16.4 Å². The molecule has 3 rings (SSSR count). The number of aromatic nitrogens is 2. The summed E-state index contributed by atoms with van der Waals surface area (Å²) < 4.78 is 28.9. The third-order valence-corrected chi connectivity index (χ3v) is 5.09. The summed E-state index contributed by atoms with van der Waals surface area (Å²) in [4.78, 5) is 0.0894. The zero-order valence-electron chi connectivity index (χ0n) is 13.3. The average Bonchev–Trinajstić information content (AvgIpc) is 3.11. The van der Waals surface area contributed by atoms with Gasteiger partial charge in [-0.1, -0.05) is 24.3 Å². The van der Waals surface area contributed by atoms with Gasteiger partial charge in [-0.05, 0) is 42.3 Å². The van der Waals surface area contributed by atoms with E-state index in [2.05, 4.69) is 9.82 Å². The smallest absolute Gasteiger partial charge is 0.240 e. The van der Waals surface area contributed by atoms with Gasteiger partial charge >= 0.3 is 0 Å². The van der Waals surface area contributed by atoms with Crippen LogP contribution in [0.1, 0.15) is 11.1 Å². The molecule has 2 aromatic carbocycles. The molecule has 7 heteroatoms. The van der Waals surface area contributed by atoms with E-state index in [1.54, 1.807) is 23.0 Å². The Balaban J connectivity index is 1.63. The number of para-hydroxylation sites is 1. The molecule has 0 saturated carbocycles. The monoisotopic (exact) mass is 352 g/mol. The largest absolute Gasteiger partial charge is 0.241 e. The van der Waals surface area contributed by atoms with Crippen LogP contribution in [0.2, 0.25) is 0 Å². The lowest BCUT2D eigenvalue weighted by atomic mass is 10.2. The van der Waals surface area contributed by atoms with Gasteiger partial charge in [0.05, 0.1) is 28.4 Å². The third kappa shape index (κ3) is 4.12. The molecular weight excluding hydrogens is 336 g/mol. The first kappa shape index (κ1) is 16.9. The van der Waals surface area contributed by atoms with Crippen molar-refractivity contribution >= 4 is 10.0 Å². The van der Waals surface area contributed by atoms with Crippen molar-refractivity contribution in [1.29, 1.82) is 5.26 Å². The van der Waals surface area contributed by atoms with Crippen molar-refractivity contribution in [2.75, 3.05) is 6.54 Å². The lowest BCUT2D eigenvalue weighted by Crippen LogP contribution is -2.26. The molecule has 1 heterocycles. The third-order valence-electron chi connectivity index (χ3n) is 3.64. The number of benzene rings is 2. The fraction of sp³-hybridized carbons (Fsp3) is 0.111. The highest BCUT2D eigenvalue weighted by molar-refractivity contribution is 7.89. The Morgan fingerprint density at radius 2 is 1.92 bits per heavy atom. The second kappa shape index (κ2) is 7.30. The molecule has 0 unspecified atom stereocenters. The summed E-state index contributed by atoms with van der Waals surface area (Å²) in [6.45, 7) is 0.250. The molecule has 0 amide bonds. The molecule has 0 aliphatic carbocycles. The van der Waals surface area contributed by atoms with E-state index >= 15 is 0 Å². The quantitative estimate of drug-likeness (QED) is 0.737. The van der Waals surface area contributed by atoms with Crippen LogP contribution in [0.5, 0.6) is 0 Å². The molecule has 3 aromatic rings. The van der Waals surface area contributed by atoms with Crippen molar-refractivity contribution < 1.29 is 8.42 Å². The summed E-state index contributed by atoms with van der Waals surface area (Å²) >= 11 is 0. The molecule has 0 atom stereocenters. The van der Waals surface area contributed by atoms with Crippen LogP contribution in [0.15, 0.2) is 71.9 Å². The number of nitriles is 1. The number of hydrogen-bond acceptors (Lipinski definition) is 4. The Hall–Kier alpha value is -2.95. The van der Waals surface area contributed by atoms with Gasteiger partial charge in [-0.15, -0.1) is 0 Å². The van der Waals surface area contributed by atoms with E-state index in [1.807, 2.05) is 42.6 Å². The van der Waals surface area contributed by atoms with E-state index in [1.165, 1.54) is 12.1 Å². The zero-order valence-corrected chi connectivity index (χ0v) is 14.1. The molecule has 0 fully saturated rings. The molecule has 0 spiro atoms. The van der Waals surface area contributed by atoms with Gasteiger partial charge in [-0.25, -0.2) is 17.8 Å². The number of hydrogen-bond donors (Lipinski definition) is 1. The van der Waals surface area contributed by atoms with Crippen LogP contribution in [0.25, 0.3) is 5.69 Å². The van der Waals surface area contributed by atoms with Crippen LogP contribution in [-0.4, -0.2) is 24.7 Å². The van der Waals surface area contributed by atoms with Crippen molar-refractivity contribution in [3.63, 3.8) is 0 Å². The molecule has 0 radical (unpaired) electrons. The van der Waals surface area contributed by atoms with E-state index in [-0.39, 0.29) is 11.4 Å². The normalized spacial score (nSPS) is 11.2. The standard InChI is InChI=1S/C18H16N4O2S/c19-12-15-5-4-8-18(11-15)25(23,24)21-10-9-16-13-20-22(14-16)17-6-2-1-3-7-17/h1-8,11,13-14,21H,9-10H2.